The van der Waals surface area contributed by atoms with Crippen LogP contribution < -0.4 is 0 Å². The molecule has 0 aliphatic heterocycles. The molecule has 19 heavy (non-hydrogen) atoms. The van der Waals surface area contributed by atoms with Gasteiger partial charge in [-0.15, -0.1) is 0 Å². The lowest BCUT2D eigenvalue weighted by Crippen LogP contribution is -2.14. The van der Waals surface area contributed by atoms with Gasteiger partial charge in [0.15, 0.2) is 5.78 Å². The number of alkyl halides is 3. The van der Waals surface area contributed by atoms with Crippen molar-refractivity contribution in [1.29, 1.82) is 0 Å². The molecule has 0 spiro atoms. The molecule has 0 amide bonds. The number of hydrogen-bond donors (Lipinski definition) is 0. The summed E-state index contributed by atoms with van der Waals surface area (Å²) in [5.74, 6) is -0.913. The molecule has 1 rings (SSSR count). The first-order valence-corrected chi connectivity index (χ1v) is 7.54. The van der Waals surface area contributed by atoms with Crippen LogP contribution in [-0.4, -0.2) is 26.2 Å². The highest BCUT2D eigenvalue weighted by atomic mass is 32.2. The molecule has 0 saturated carbocycles. The Bertz CT molecular complexity index is 562. The Balaban J connectivity index is 2.84. The molecule has 0 unspecified atom stereocenters. The zero-order chi connectivity index (χ0) is 14.7. The lowest BCUT2D eigenvalue weighted by Gasteiger charge is -2.11. The third-order valence-electron chi connectivity index (χ3n) is 2.45. The van der Waals surface area contributed by atoms with Crippen LogP contribution in [0.15, 0.2) is 24.3 Å². The van der Waals surface area contributed by atoms with Crippen LogP contribution in [0, 0.1) is 0 Å². The Labute approximate surface area is 109 Å². The number of benzene rings is 1. The fourth-order valence-corrected chi connectivity index (χ4v) is 2.27. The Hall–Kier alpha value is -1.37. The zero-order valence-corrected chi connectivity index (χ0v) is 11.0. The summed E-state index contributed by atoms with van der Waals surface area (Å²) in [4.78, 5) is 11.7. The minimum Gasteiger partial charge on any atom is -0.294 e. The van der Waals surface area contributed by atoms with Crippen LogP contribution in [0.25, 0.3) is 0 Å². The largest absolute Gasteiger partial charge is 0.417 e. The minimum absolute atomic E-state index is 0.0177. The van der Waals surface area contributed by atoms with Crippen LogP contribution in [0.2, 0.25) is 0 Å². The normalized spacial score (nSPS) is 12.4. The van der Waals surface area contributed by atoms with Gasteiger partial charge < -0.3 is 0 Å². The standard InChI is InChI=1S/C12H13F3O3S/c1-19(17,18)8-4-7-11(16)9-5-2-3-6-10(9)12(13,14)15/h2-3,5-6H,4,7-8H2,1H3. The van der Waals surface area contributed by atoms with E-state index in [0.717, 1.165) is 18.4 Å². The summed E-state index contributed by atoms with van der Waals surface area (Å²) in [5.41, 5.74) is -1.40. The van der Waals surface area contributed by atoms with Crippen LogP contribution in [0.4, 0.5) is 13.2 Å². The second-order valence-electron chi connectivity index (χ2n) is 4.20. The summed E-state index contributed by atoms with van der Waals surface area (Å²) in [6.07, 6.45) is -3.78. The highest BCUT2D eigenvalue weighted by molar-refractivity contribution is 7.90. The Morgan fingerprint density at radius 1 is 1.21 bits per heavy atom. The molecule has 1 aromatic carbocycles. The molecule has 7 heteroatoms. The summed E-state index contributed by atoms with van der Waals surface area (Å²) < 4.78 is 59.8. The SMILES string of the molecule is CS(=O)(=O)CCCC(=O)c1ccccc1C(F)(F)F. The van der Waals surface area contributed by atoms with E-state index in [1.165, 1.54) is 12.1 Å². The number of sulfone groups is 1. The van der Waals surface area contributed by atoms with Crippen molar-refractivity contribution in [2.75, 3.05) is 12.0 Å². The van der Waals surface area contributed by atoms with E-state index in [1.807, 2.05) is 0 Å². The maximum atomic E-state index is 12.7. The molecule has 0 aromatic heterocycles. The predicted molar refractivity (Wildman–Crippen MR) is 64.7 cm³/mol. The Morgan fingerprint density at radius 2 is 1.79 bits per heavy atom. The third-order valence-corrected chi connectivity index (χ3v) is 3.48. The molecule has 1 aromatic rings. The third kappa shape index (κ3) is 5.02. The number of Topliss-reactive ketones (excluding diaryl/α,β-unsaturated/α-hetero) is 1. The van der Waals surface area contributed by atoms with E-state index < -0.39 is 32.9 Å². The molecule has 0 radical (unpaired) electrons. The van der Waals surface area contributed by atoms with Crippen molar-refractivity contribution in [3.05, 3.63) is 35.4 Å². The molecule has 3 nitrogen and oxygen atoms in total. The van der Waals surface area contributed by atoms with Gasteiger partial charge in [0.1, 0.15) is 9.84 Å². The topological polar surface area (TPSA) is 51.2 Å². The molecular weight excluding hydrogens is 281 g/mol. The molecule has 0 bridgehead atoms. The number of carbonyl (C=O) groups is 1. The van der Waals surface area contributed by atoms with Crippen molar-refractivity contribution in [2.45, 2.75) is 19.0 Å². The van der Waals surface area contributed by atoms with Crippen molar-refractivity contribution in [1.82, 2.24) is 0 Å². The van der Waals surface area contributed by atoms with Gasteiger partial charge in [0.05, 0.1) is 11.3 Å². The van der Waals surface area contributed by atoms with Gasteiger partial charge in [-0.3, -0.25) is 4.79 Å². The average Bonchev–Trinajstić information content (AvgIpc) is 2.26. The molecule has 0 saturated heterocycles. The minimum atomic E-state index is -4.59. The number of rotatable bonds is 5. The van der Waals surface area contributed by atoms with E-state index in [-0.39, 0.29) is 18.6 Å². The van der Waals surface area contributed by atoms with Crippen molar-refractivity contribution in [3.63, 3.8) is 0 Å². The van der Waals surface area contributed by atoms with Crippen molar-refractivity contribution < 1.29 is 26.4 Å². The van der Waals surface area contributed by atoms with Crippen molar-refractivity contribution in [3.8, 4) is 0 Å². The van der Waals surface area contributed by atoms with Gasteiger partial charge in [0.2, 0.25) is 0 Å². The van der Waals surface area contributed by atoms with Gasteiger partial charge in [-0.2, -0.15) is 13.2 Å². The number of hydrogen-bond acceptors (Lipinski definition) is 3. The molecule has 0 N–H and O–H groups in total. The smallest absolute Gasteiger partial charge is 0.294 e. The maximum absolute atomic E-state index is 12.7. The van der Waals surface area contributed by atoms with Gasteiger partial charge in [0.25, 0.3) is 0 Å². The van der Waals surface area contributed by atoms with E-state index in [9.17, 15) is 26.4 Å². The van der Waals surface area contributed by atoms with Crippen LogP contribution in [0.1, 0.15) is 28.8 Å². The Kier molecular flexibility index (Phi) is 4.73. The van der Waals surface area contributed by atoms with Gasteiger partial charge in [-0.25, -0.2) is 8.42 Å². The van der Waals surface area contributed by atoms with Crippen LogP contribution in [0.3, 0.4) is 0 Å². The lowest BCUT2D eigenvalue weighted by atomic mass is 10.0. The van der Waals surface area contributed by atoms with Crippen LogP contribution in [-0.2, 0) is 16.0 Å². The van der Waals surface area contributed by atoms with Crippen LogP contribution in [0.5, 0.6) is 0 Å². The van der Waals surface area contributed by atoms with E-state index in [4.69, 9.17) is 0 Å². The fraction of sp³-hybridized carbons (Fsp3) is 0.417. The van der Waals surface area contributed by atoms with Gasteiger partial charge in [-0.05, 0) is 12.5 Å². The first kappa shape index (κ1) is 15.7. The lowest BCUT2D eigenvalue weighted by molar-refractivity contribution is -0.137. The maximum Gasteiger partial charge on any atom is 0.417 e. The van der Waals surface area contributed by atoms with Gasteiger partial charge in [0, 0.05) is 18.2 Å². The van der Waals surface area contributed by atoms with E-state index in [0.29, 0.717) is 0 Å². The Morgan fingerprint density at radius 3 is 2.32 bits per heavy atom. The number of carbonyl (C=O) groups excluding carboxylic acids is 1. The first-order chi connectivity index (χ1) is 8.61. The monoisotopic (exact) mass is 294 g/mol. The van der Waals surface area contributed by atoms with E-state index in [1.54, 1.807) is 0 Å². The highest BCUT2D eigenvalue weighted by Gasteiger charge is 2.34. The molecule has 0 atom stereocenters. The van der Waals surface area contributed by atoms with Crippen molar-refractivity contribution in [2.24, 2.45) is 0 Å². The average molecular weight is 294 g/mol. The number of ketones is 1. The molecule has 0 fully saturated rings. The number of halogens is 3. The molecule has 0 aliphatic rings. The summed E-state index contributed by atoms with van der Waals surface area (Å²) in [5, 5.41) is 0. The van der Waals surface area contributed by atoms with Crippen molar-refractivity contribution >= 4 is 15.6 Å². The summed E-state index contributed by atoms with van der Waals surface area (Å²) in [6, 6.07) is 4.49. The van der Waals surface area contributed by atoms with Crippen LogP contribution >= 0.6 is 0 Å². The summed E-state index contributed by atoms with van der Waals surface area (Å²) in [6.45, 7) is 0. The zero-order valence-electron chi connectivity index (χ0n) is 10.2. The molecule has 0 heterocycles. The summed E-state index contributed by atoms with van der Waals surface area (Å²) >= 11 is 0. The van der Waals surface area contributed by atoms with Gasteiger partial charge in [-0.1, -0.05) is 18.2 Å². The molecule has 0 aliphatic carbocycles. The highest BCUT2D eigenvalue weighted by Crippen LogP contribution is 2.32. The quantitative estimate of drug-likeness (QED) is 0.785. The predicted octanol–water partition coefficient (Wildman–Crippen LogP) is 2.71. The van der Waals surface area contributed by atoms with E-state index in [2.05, 4.69) is 0 Å². The summed E-state index contributed by atoms with van der Waals surface area (Å²) in [7, 11) is -3.21. The fourth-order valence-electron chi connectivity index (χ4n) is 1.60. The second kappa shape index (κ2) is 5.73. The second-order valence-corrected chi connectivity index (χ2v) is 6.46. The molecular formula is C12H13F3O3S. The van der Waals surface area contributed by atoms with Gasteiger partial charge >= 0.3 is 6.18 Å². The van der Waals surface area contributed by atoms with E-state index >= 15 is 0 Å². The first-order valence-electron chi connectivity index (χ1n) is 5.48. The molecule has 106 valence electrons.